The lowest BCUT2D eigenvalue weighted by Crippen LogP contribution is -2.19. The van der Waals surface area contributed by atoms with Crippen molar-refractivity contribution in [3.05, 3.63) is 17.2 Å². The molecule has 4 rings (SSSR count). The molecule has 1 aliphatic carbocycles. The second kappa shape index (κ2) is 6.68. The van der Waals surface area contributed by atoms with E-state index in [-0.39, 0.29) is 17.3 Å². The number of alkyl halides is 1. The molecule has 25 heavy (non-hydrogen) atoms. The fourth-order valence-corrected chi connectivity index (χ4v) is 4.16. The highest BCUT2D eigenvalue weighted by atomic mass is 35.5. The minimum Gasteiger partial charge on any atom is -0.365 e. The molecule has 0 radical (unpaired) electrons. The van der Waals surface area contributed by atoms with Crippen LogP contribution in [0.15, 0.2) is 6.20 Å². The van der Waals surface area contributed by atoms with Crippen molar-refractivity contribution in [1.82, 2.24) is 19.6 Å². The molecule has 0 aromatic carbocycles. The van der Waals surface area contributed by atoms with E-state index in [1.165, 1.54) is 12.8 Å². The van der Waals surface area contributed by atoms with E-state index < -0.39 is 12.3 Å². The highest BCUT2D eigenvalue weighted by molar-refractivity contribution is 6.28. The van der Waals surface area contributed by atoms with E-state index >= 15 is 0 Å². The van der Waals surface area contributed by atoms with Gasteiger partial charge in [-0.25, -0.2) is 13.9 Å². The fraction of sp³-hybridized carbons (Fsp3) is 0.706. The minimum atomic E-state index is -1.09. The average Bonchev–Trinajstić information content (AvgIpc) is 3.29. The van der Waals surface area contributed by atoms with Crippen LogP contribution in [0.1, 0.15) is 57.7 Å². The van der Waals surface area contributed by atoms with Crippen LogP contribution in [-0.4, -0.2) is 37.9 Å². The molecule has 1 aliphatic heterocycles. The van der Waals surface area contributed by atoms with Gasteiger partial charge in [-0.3, -0.25) is 0 Å². The lowest BCUT2D eigenvalue weighted by atomic mass is 9.97. The van der Waals surface area contributed by atoms with E-state index in [0.29, 0.717) is 23.2 Å². The number of rotatable bonds is 4. The number of halogens is 2. The Hall–Kier alpha value is -1.47. The highest BCUT2D eigenvalue weighted by Crippen LogP contribution is 2.40. The number of nitrogens with one attached hydrogen (secondary N) is 1. The van der Waals surface area contributed by atoms with Gasteiger partial charge in [0.15, 0.2) is 11.5 Å². The summed E-state index contributed by atoms with van der Waals surface area (Å²) in [4.78, 5) is 8.72. The van der Waals surface area contributed by atoms with Crippen LogP contribution in [0.3, 0.4) is 0 Å². The topological polar surface area (TPSA) is 64.3 Å². The maximum Gasteiger partial charge on any atom is 0.243 e. The van der Waals surface area contributed by atoms with Crippen LogP contribution < -0.4 is 5.32 Å². The molecule has 0 spiro atoms. The monoisotopic (exact) mass is 367 g/mol. The van der Waals surface area contributed by atoms with Gasteiger partial charge < -0.3 is 10.1 Å². The molecule has 3 heterocycles. The summed E-state index contributed by atoms with van der Waals surface area (Å²) in [5.74, 6) is 0.445. The first-order valence-corrected chi connectivity index (χ1v) is 9.43. The molecule has 1 saturated heterocycles. The van der Waals surface area contributed by atoms with Gasteiger partial charge in [0.05, 0.1) is 18.0 Å². The second-order valence-electron chi connectivity index (χ2n) is 7.08. The molecule has 0 amide bonds. The smallest absolute Gasteiger partial charge is 0.243 e. The summed E-state index contributed by atoms with van der Waals surface area (Å²) < 4.78 is 22.3. The quantitative estimate of drug-likeness (QED) is 0.886. The van der Waals surface area contributed by atoms with E-state index in [4.69, 9.17) is 16.3 Å². The van der Waals surface area contributed by atoms with E-state index in [2.05, 4.69) is 20.4 Å². The summed E-state index contributed by atoms with van der Waals surface area (Å²) in [5, 5.41) is 7.77. The first-order chi connectivity index (χ1) is 12.1. The number of aromatic nitrogens is 4. The number of nitrogens with zero attached hydrogens (tertiary/aromatic N) is 4. The Labute approximate surface area is 151 Å². The Morgan fingerprint density at radius 2 is 2.16 bits per heavy atom. The summed E-state index contributed by atoms with van der Waals surface area (Å²) >= 11 is 6.12. The standard InChI is InChI=1S/C17H23ClFN5O/c1-3-12-9(2)13(19)14(25-12)11-8-20-16-15(21-10-6-4-5-7-10)22-17(18)23-24(11)16/h8-10,12-14H,3-7H2,1-2H3,(H,21,22,23)/t9-,12-,13+,14?/m1/s1. The fourth-order valence-electron chi connectivity index (χ4n) is 4.00. The van der Waals surface area contributed by atoms with Crippen molar-refractivity contribution in [1.29, 1.82) is 0 Å². The number of hydrogen-bond acceptors (Lipinski definition) is 5. The van der Waals surface area contributed by atoms with E-state index in [1.807, 2.05) is 13.8 Å². The average molecular weight is 368 g/mol. The first kappa shape index (κ1) is 17.0. The van der Waals surface area contributed by atoms with E-state index in [0.717, 1.165) is 19.3 Å². The molecule has 1 unspecified atom stereocenters. The Morgan fingerprint density at radius 3 is 2.84 bits per heavy atom. The van der Waals surface area contributed by atoms with Gasteiger partial charge in [0, 0.05) is 12.0 Å². The zero-order valence-corrected chi connectivity index (χ0v) is 15.2. The molecule has 2 aromatic rings. The van der Waals surface area contributed by atoms with Crippen molar-refractivity contribution in [3.63, 3.8) is 0 Å². The van der Waals surface area contributed by atoms with Crippen molar-refractivity contribution >= 4 is 23.1 Å². The van der Waals surface area contributed by atoms with Crippen LogP contribution in [0.2, 0.25) is 5.28 Å². The number of anilines is 1. The third-order valence-corrected chi connectivity index (χ3v) is 5.61. The number of hydrogen-bond donors (Lipinski definition) is 1. The van der Waals surface area contributed by atoms with Gasteiger partial charge >= 0.3 is 0 Å². The van der Waals surface area contributed by atoms with Gasteiger partial charge in [0.1, 0.15) is 12.3 Å². The third kappa shape index (κ3) is 2.97. The zero-order valence-electron chi connectivity index (χ0n) is 14.5. The van der Waals surface area contributed by atoms with E-state index in [1.54, 1.807) is 10.7 Å². The third-order valence-electron chi connectivity index (χ3n) is 5.45. The van der Waals surface area contributed by atoms with Crippen molar-refractivity contribution in [2.45, 2.75) is 70.4 Å². The molecule has 2 aromatic heterocycles. The van der Waals surface area contributed by atoms with Gasteiger partial charge in [-0.15, -0.1) is 5.10 Å². The number of imidazole rings is 1. The van der Waals surface area contributed by atoms with Crippen LogP contribution >= 0.6 is 11.6 Å². The first-order valence-electron chi connectivity index (χ1n) is 9.05. The maximum atomic E-state index is 14.8. The van der Waals surface area contributed by atoms with Crippen LogP contribution in [-0.2, 0) is 4.74 Å². The summed E-state index contributed by atoms with van der Waals surface area (Å²) in [6.07, 6.45) is 5.17. The molecule has 2 fully saturated rings. The number of fused-ring (bicyclic) bond motifs is 1. The van der Waals surface area contributed by atoms with Gasteiger partial charge in [-0.2, -0.15) is 4.98 Å². The minimum absolute atomic E-state index is 0.0982. The van der Waals surface area contributed by atoms with Crippen molar-refractivity contribution in [2.75, 3.05) is 5.32 Å². The Bertz CT molecular complexity index is 763. The molecule has 4 atom stereocenters. The van der Waals surface area contributed by atoms with Crippen LogP contribution in [0.5, 0.6) is 0 Å². The molecule has 8 heteroatoms. The van der Waals surface area contributed by atoms with E-state index in [9.17, 15) is 4.39 Å². The van der Waals surface area contributed by atoms with Crippen molar-refractivity contribution in [2.24, 2.45) is 5.92 Å². The normalized spacial score (nSPS) is 30.4. The van der Waals surface area contributed by atoms with Gasteiger partial charge in [0.25, 0.3) is 0 Å². The molecule has 1 N–H and O–H groups in total. The largest absolute Gasteiger partial charge is 0.365 e. The molecule has 2 aliphatic rings. The Balaban J connectivity index is 1.70. The lowest BCUT2D eigenvalue weighted by molar-refractivity contribution is 0.0196. The second-order valence-corrected chi connectivity index (χ2v) is 7.42. The summed E-state index contributed by atoms with van der Waals surface area (Å²) in [6, 6.07) is 0.371. The lowest BCUT2D eigenvalue weighted by Gasteiger charge is -2.15. The van der Waals surface area contributed by atoms with Gasteiger partial charge in [-0.1, -0.05) is 26.7 Å². The highest BCUT2D eigenvalue weighted by Gasteiger charge is 2.43. The summed E-state index contributed by atoms with van der Waals surface area (Å²) in [5.41, 5.74) is 1.15. The van der Waals surface area contributed by atoms with Crippen LogP contribution in [0.4, 0.5) is 10.2 Å². The summed E-state index contributed by atoms with van der Waals surface area (Å²) in [7, 11) is 0. The zero-order chi connectivity index (χ0) is 17.6. The van der Waals surface area contributed by atoms with Crippen LogP contribution in [0.25, 0.3) is 5.65 Å². The number of ether oxygens (including phenoxy) is 1. The van der Waals surface area contributed by atoms with Crippen LogP contribution in [0, 0.1) is 5.92 Å². The Morgan fingerprint density at radius 1 is 1.40 bits per heavy atom. The predicted octanol–water partition coefficient (Wildman–Crippen LogP) is 3.96. The molecule has 6 nitrogen and oxygen atoms in total. The molecule has 0 bridgehead atoms. The summed E-state index contributed by atoms with van der Waals surface area (Å²) in [6.45, 7) is 3.89. The molecular weight excluding hydrogens is 345 g/mol. The van der Waals surface area contributed by atoms with Gasteiger partial charge in [-0.05, 0) is 30.9 Å². The Kier molecular flexibility index (Phi) is 4.54. The molecular formula is C17H23ClFN5O. The maximum absolute atomic E-state index is 14.8. The van der Waals surface area contributed by atoms with Crippen molar-refractivity contribution in [3.8, 4) is 0 Å². The van der Waals surface area contributed by atoms with Crippen molar-refractivity contribution < 1.29 is 9.13 Å². The SMILES string of the molecule is CC[C@H]1OC(c2cnc3c(NC4CCCC4)nc(Cl)nn23)[C@@H](F)[C@@H]1C. The molecule has 1 saturated carbocycles. The molecule has 136 valence electrons. The predicted molar refractivity (Wildman–Crippen MR) is 93.6 cm³/mol. The van der Waals surface area contributed by atoms with Gasteiger partial charge in [0.2, 0.25) is 5.28 Å².